The van der Waals surface area contributed by atoms with Crippen molar-refractivity contribution in [2.24, 2.45) is 17.8 Å². The van der Waals surface area contributed by atoms with Gasteiger partial charge < -0.3 is 14.6 Å². The zero-order chi connectivity index (χ0) is 28.8. The molecule has 4 aliphatic rings. The van der Waals surface area contributed by atoms with Crippen LogP contribution in [0.3, 0.4) is 0 Å². The Hall–Kier alpha value is -2.30. The van der Waals surface area contributed by atoms with Gasteiger partial charge in [-0.15, -0.1) is 23.2 Å². The number of rotatable bonds is 4. The van der Waals surface area contributed by atoms with Crippen LogP contribution in [0.25, 0.3) is 0 Å². The molecule has 1 saturated carbocycles. The van der Waals surface area contributed by atoms with Gasteiger partial charge in [-0.3, -0.25) is 29.0 Å². The number of carbonyl (C=O) groups excluding carboxylic acids is 4. The number of halogens is 3. The third-order valence-corrected chi connectivity index (χ3v) is 10.4. The molecule has 0 aromatic heterocycles. The first-order valence-corrected chi connectivity index (χ1v) is 14.4. The number of phenolic OH excluding ortho intramolecular Hbond substituents is 1. The molecular formula is C27H29BrCl2N2O7. The van der Waals surface area contributed by atoms with E-state index in [0.717, 1.165) is 4.90 Å². The molecule has 5 rings (SSSR count). The summed E-state index contributed by atoms with van der Waals surface area (Å²) in [4.78, 5) is 53.1. The van der Waals surface area contributed by atoms with Crippen molar-refractivity contribution < 1.29 is 33.8 Å². The smallest absolute Gasteiger partial charge is 0.254 e. The van der Waals surface area contributed by atoms with Gasteiger partial charge in [-0.1, -0.05) is 27.6 Å². The predicted molar refractivity (Wildman–Crippen MR) is 146 cm³/mol. The number of imide groups is 2. The molecule has 210 valence electrons. The molecule has 2 heterocycles. The van der Waals surface area contributed by atoms with Crippen molar-refractivity contribution >= 4 is 62.8 Å². The largest absolute Gasteiger partial charge is 0.507 e. The lowest BCUT2D eigenvalue weighted by Crippen LogP contribution is -2.60. The van der Waals surface area contributed by atoms with Gasteiger partial charge in [0.15, 0.2) is 9.75 Å². The van der Waals surface area contributed by atoms with E-state index in [1.807, 2.05) is 6.08 Å². The molecule has 0 spiro atoms. The molecule has 39 heavy (non-hydrogen) atoms. The Morgan fingerprint density at radius 2 is 1.72 bits per heavy atom. The molecule has 0 radical (unpaired) electrons. The number of hydrogen-bond acceptors (Lipinski definition) is 7. The molecule has 2 saturated heterocycles. The maximum absolute atomic E-state index is 13.9. The van der Waals surface area contributed by atoms with Gasteiger partial charge in [0.05, 0.1) is 31.5 Å². The summed E-state index contributed by atoms with van der Waals surface area (Å²) in [5, 5.41) is 11.3. The summed E-state index contributed by atoms with van der Waals surface area (Å²) in [6.45, 7) is 5.37. The number of amides is 4. The Kier molecular flexibility index (Phi) is 6.59. The van der Waals surface area contributed by atoms with Crippen LogP contribution in [-0.2, 0) is 19.2 Å². The summed E-state index contributed by atoms with van der Waals surface area (Å²) in [5.74, 6) is -5.16. The maximum Gasteiger partial charge on any atom is 0.254 e. The molecule has 1 N–H and O–H groups in total. The normalized spacial score (nSPS) is 34.1. The van der Waals surface area contributed by atoms with E-state index < -0.39 is 50.8 Å². The van der Waals surface area contributed by atoms with Crippen molar-refractivity contribution in [1.29, 1.82) is 0 Å². The fraction of sp³-hybridized carbons (Fsp3) is 0.556. The topological polar surface area (TPSA) is 113 Å². The molecule has 9 nitrogen and oxygen atoms in total. The third-order valence-electron chi connectivity index (χ3n) is 8.52. The number of carbonyl (C=O) groups is 4. The van der Waals surface area contributed by atoms with E-state index in [4.69, 9.17) is 32.7 Å². The van der Waals surface area contributed by atoms with Crippen LogP contribution in [0.5, 0.6) is 17.2 Å². The first-order chi connectivity index (χ1) is 18.2. The molecule has 3 fully saturated rings. The van der Waals surface area contributed by atoms with E-state index in [-0.39, 0.29) is 47.2 Å². The monoisotopic (exact) mass is 642 g/mol. The van der Waals surface area contributed by atoms with E-state index >= 15 is 0 Å². The fourth-order valence-electron chi connectivity index (χ4n) is 6.90. The number of alkyl halides is 3. The fourth-order valence-corrected chi connectivity index (χ4v) is 8.30. The van der Waals surface area contributed by atoms with E-state index in [1.165, 1.54) is 31.3 Å². The number of benzene rings is 1. The summed E-state index contributed by atoms with van der Waals surface area (Å²) < 4.78 is 10.9. The van der Waals surface area contributed by atoms with Crippen LogP contribution in [0.15, 0.2) is 23.8 Å². The van der Waals surface area contributed by atoms with Crippen molar-refractivity contribution in [2.45, 2.75) is 54.8 Å². The van der Waals surface area contributed by atoms with Gasteiger partial charge in [0.2, 0.25) is 11.8 Å². The molecule has 4 amide bonds. The standard InChI is InChI=1S/C27H29BrCl2N2O7/c1-25(2,3)32-21(34)14-7-6-13-15(18(14)22(32)35)10-26(29)23(36)31(11-28)24(37)27(26,30)20(13)19-16(33)8-12(38-4)9-17(19)39-5/h6,8-9,14-15,18,20,33H,7,10-11H2,1-5H3. The highest BCUT2D eigenvalue weighted by atomic mass is 79.9. The Morgan fingerprint density at radius 3 is 2.28 bits per heavy atom. The van der Waals surface area contributed by atoms with Gasteiger partial charge in [-0.2, -0.15) is 0 Å². The number of allylic oxidation sites excluding steroid dienone is 2. The van der Waals surface area contributed by atoms with Gasteiger partial charge >= 0.3 is 0 Å². The molecule has 2 aliphatic heterocycles. The minimum Gasteiger partial charge on any atom is -0.507 e. The second-order valence-electron chi connectivity index (χ2n) is 11.4. The maximum atomic E-state index is 13.9. The number of likely N-dealkylation sites (tertiary alicyclic amines) is 2. The minimum atomic E-state index is -2.05. The highest BCUT2D eigenvalue weighted by Crippen LogP contribution is 2.67. The molecule has 1 aromatic rings. The van der Waals surface area contributed by atoms with Crippen LogP contribution in [0.4, 0.5) is 0 Å². The summed E-state index contributed by atoms with van der Waals surface area (Å²) in [6.07, 6.45) is 1.91. The van der Waals surface area contributed by atoms with Gasteiger partial charge in [0.25, 0.3) is 11.8 Å². The zero-order valence-electron chi connectivity index (χ0n) is 22.1. The van der Waals surface area contributed by atoms with Crippen LogP contribution in [0.1, 0.15) is 45.1 Å². The molecule has 0 bridgehead atoms. The Labute approximate surface area is 244 Å². The average molecular weight is 644 g/mol. The van der Waals surface area contributed by atoms with Crippen molar-refractivity contribution in [3.63, 3.8) is 0 Å². The molecule has 1 aromatic carbocycles. The van der Waals surface area contributed by atoms with Gasteiger partial charge in [0.1, 0.15) is 17.2 Å². The first kappa shape index (κ1) is 28.2. The number of methoxy groups -OCH3 is 2. The number of aromatic hydroxyl groups is 1. The van der Waals surface area contributed by atoms with Crippen molar-refractivity contribution in [3.05, 3.63) is 29.3 Å². The van der Waals surface area contributed by atoms with E-state index in [0.29, 0.717) is 11.3 Å². The highest BCUT2D eigenvalue weighted by Gasteiger charge is 2.77. The van der Waals surface area contributed by atoms with Gasteiger partial charge in [0, 0.05) is 29.2 Å². The lowest BCUT2D eigenvalue weighted by atomic mass is 9.56. The summed E-state index contributed by atoms with van der Waals surface area (Å²) in [5.41, 5.74) is -0.180. The Morgan fingerprint density at radius 1 is 1.05 bits per heavy atom. The summed E-state index contributed by atoms with van der Waals surface area (Å²) in [6, 6.07) is 2.90. The number of phenols is 1. The number of hydrogen-bond donors (Lipinski definition) is 1. The predicted octanol–water partition coefficient (Wildman–Crippen LogP) is 3.92. The highest BCUT2D eigenvalue weighted by molar-refractivity contribution is 9.09. The van der Waals surface area contributed by atoms with Crippen molar-refractivity contribution in [3.8, 4) is 17.2 Å². The van der Waals surface area contributed by atoms with Crippen LogP contribution >= 0.6 is 39.1 Å². The average Bonchev–Trinajstić information content (AvgIpc) is 3.22. The number of ether oxygens (including phenoxy) is 2. The lowest BCUT2D eigenvalue weighted by Gasteiger charge is -2.51. The van der Waals surface area contributed by atoms with Crippen LogP contribution in [-0.4, -0.2) is 73.5 Å². The van der Waals surface area contributed by atoms with Crippen molar-refractivity contribution in [1.82, 2.24) is 9.80 Å². The van der Waals surface area contributed by atoms with Crippen molar-refractivity contribution in [2.75, 3.05) is 19.7 Å². The van der Waals surface area contributed by atoms with Crippen LogP contribution in [0.2, 0.25) is 0 Å². The number of nitrogens with zero attached hydrogens (tertiary/aromatic N) is 2. The molecule has 6 unspecified atom stereocenters. The summed E-state index contributed by atoms with van der Waals surface area (Å²) in [7, 11) is 2.82. The van der Waals surface area contributed by atoms with Crippen LogP contribution in [0, 0.1) is 17.8 Å². The SMILES string of the molecule is COc1cc(O)c(C2C3=CCC4C(=O)N(C(C)(C)C)C(=O)C4C3CC3(Cl)C(=O)N(CBr)C(=O)C23Cl)c(OC)c1. The van der Waals surface area contributed by atoms with E-state index in [9.17, 15) is 24.3 Å². The Bertz CT molecular complexity index is 1340. The Balaban J connectivity index is 1.78. The second kappa shape index (κ2) is 9.11. The summed E-state index contributed by atoms with van der Waals surface area (Å²) >= 11 is 17.6. The molecule has 12 heteroatoms. The zero-order valence-corrected chi connectivity index (χ0v) is 25.2. The van der Waals surface area contributed by atoms with E-state index in [1.54, 1.807) is 20.8 Å². The van der Waals surface area contributed by atoms with E-state index in [2.05, 4.69) is 15.9 Å². The molecular weight excluding hydrogens is 615 g/mol. The number of fused-ring (bicyclic) bond motifs is 4. The van der Waals surface area contributed by atoms with Crippen LogP contribution < -0.4 is 9.47 Å². The second-order valence-corrected chi connectivity index (χ2v) is 13.2. The van der Waals surface area contributed by atoms with Gasteiger partial charge in [-0.25, -0.2) is 0 Å². The minimum absolute atomic E-state index is 0.133. The first-order valence-electron chi connectivity index (χ1n) is 12.5. The van der Waals surface area contributed by atoms with Gasteiger partial charge in [-0.05, 0) is 39.5 Å². The molecule has 2 aliphatic carbocycles. The quantitative estimate of drug-likeness (QED) is 0.229. The molecule has 6 atom stereocenters. The lowest BCUT2D eigenvalue weighted by molar-refractivity contribution is -0.146. The third kappa shape index (κ3) is 3.56.